The Balaban J connectivity index is 2.12. The van der Waals surface area contributed by atoms with Gasteiger partial charge in [0.1, 0.15) is 17.1 Å². The third-order valence-electron chi connectivity index (χ3n) is 3.07. The van der Waals surface area contributed by atoms with Gasteiger partial charge in [-0.05, 0) is 41.2 Å². The Kier molecular flexibility index (Phi) is 6.01. The first-order valence-corrected chi connectivity index (χ1v) is 7.61. The van der Waals surface area contributed by atoms with Crippen LogP contribution < -0.4 is 20.1 Å². The lowest BCUT2D eigenvalue weighted by atomic mass is 10.1. The average molecular weight is 350 g/mol. The van der Waals surface area contributed by atoms with Gasteiger partial charge in [-0.3, -0.25) is 15.4 Å². The average Bonchev–Trinajstić information content (AvgIpc) is 3.00. The zero-order valence-electron chi connectivity index (χ0n) is 13.6. The summed E-state index contributed by atoms with van der Waals surface area (Å²) in [6.07, 6.45) is 0.858. The minimum atomic E-state index is -0.462. The van der Waals surface area contributed by atoms with Crippen LogP contribution in [0.4, 0.5) is 5.95 Å². The number of benzene rings is 1. The minimum absolute atomic E-state index is 0.0695. The molecule has 0 unspecified atom stereocenters. The number of aryl methyl sites for hydroxylation is 1. The van der Waals surface area contributed by atoms with Gasteiger partial charge in [-0.2, -0.15) is 0 Å². The van der Waals surface area contributed by atoms with Gasteiger partial charge in [0.05, 0.1) is 14.2 Å². The normalized spacial score (nSPS) is 10.1. The Hall–Kier alpha value is -2.75. The number of anilines is 1. The quantitative estimate of drug-likeness (QED) is 0.750. The second kappa shape index (κ2) is 8.20. The van der Waals surface area contributed by atoms with Gasteiger partial charge in [-0.1, -0.05) is 18.1 Å². The SMILES string of the molecule is CCCn1nnnc1NC(=S)NC(=O)c1c(OC)cccc1OC. The molecule has 0 aliphatic carbocycles. The second-order valence-corrected chi connectivity index (χ2v) is 5.08. The van der Waals surface area contributed by atoms with Gasteiger partial charge >= 0.3 is 0 Å². The molecule has 0 fully saturated rings. The summed E-state index contributed by atoms with van der Waals surface area (Å²) in [5.41, 5.74) is 0.250. The summed E-state index contributed by atoms with van der Waals surface area (Å²) in [5.74, 6) is 0.654. The van der Waals surface area contributed by atoms with E-state index in [2.05, 4.69) is 26.2 Å². The van der Waals surface area contributed by atoms with E-state index in [-0.39, 0.29) is 10.7 Å². The molecule has 2 aromatic rings. The number of nitrogens with zero attached hydrogens (tertiary/aromatic N) is 4. The Morgan fingerprint density at radius 2 is 1.96 bits per heavy atom. The summed E-state index contributed by atoms with van der Waals surface area (Å²) in [4.78, 5) is 12.5. The van der Waals surface area contributed by atoms with Crippen molar-refractivity contribution >= 4 is 29.2 Å². The lowest BCUT2D eigenvalue weighted by molar-refractivity contribution is 0.0971. The monoisotopic (exact) mass is 350 g/mol. The third-order valence-corrected chi connectivity index (χ3v) is 3.28. The maximum atomic E-state index is 12.5. The van der Waals surface area contributed by atoms with Crippen LogP contribution >= 0.6 is 12.2 Å². The predicted octanol–water partition coefficient (Wildman–Crippen LogP) is 1.23. The number of aromatic nitrogens is 4. The highest BCUT2D eigenvalue weighted by Crippen LogP contribution is 2.27. The van der Waals surface area contributed by atoms with Gasteiger partial charge in [0.2, 0.25) is 5.95 Å². The zero-order valence-corrected chi connectivity index (χ0v) is 14.4. The molecule has 1 aromatic carbocycles. The fourth-order valence-corrected chi connectivity index (χ4v) is 2.21. The predicted molar refractivity (Wildman–Crippen MR) is 91.3 cm³/mol. The Bertz CT molecular complexity index is 711. The number of tetrazole rings is 1. The Labute approximate surface area is 144 Å². The molecule has 1 amide bonds. The van der Waals surface area contributed by atoms with E-state index < -0.39 is 5.91 Å². The van der Waals surface area contributed by atoms with Crippen LogP contribution in [0.2, 0.25) is 0 Å². The second-order valence-electron chi connectivity index (χ2n) is 4.67. The molecule has 0 atom stereocenters. The summed E-state index contributed by atoms with van der Waals surface area (Å²) in [7, 11) is 2.95. The van der Waals surface area contributed by atoms with Gasteiger partial charge in [-0.15, -0.1) is 0 Å². The van der Waals surface area contributed by atoms with E-state index in [1.807, 2.05) is 6.92 Å². The van der Waals surface area contributed by atoms with Crippen molar-refractivity contribution in [2.75, 3.05) is 19.5 Å². The van der Waals surface area contributed by atoms with Gasteiger partial charge in [0, 0.05) is 6.54 Å². The molecule has 2 N–H and O–H groups in total. The van der Waals surface area contributed by atoms with Crippen molar-refractivity contribution in [1.82, 2.24) is 25.5 Å². The summed E-state index contributed by atoms with van der Waals surface area (Å²) in [5, 5.41) is 16.7. The van der Waals surface area contributed by atoms with Crippen LogP contribution in [0.5, 0.6) is 11.5 Å². The van der Waals surface area contributed by atoms with Gasteiger partial charge < -0.3 is 9.47 Å². The van der Waals surface area contributed by atoms with Crippen LogP contribution in [-0.4, -0.2) is 45.4 Å². The molecule has 0 spiro atoms. The Morgan fingerprint density at radius 3 is 2.54 bits per heavy atom. The van der Waals surface area contributed by atoms with Crippen LogP contribution in [0.15, 0.2) is 18.2 Å². The van der Waals surface area contributed by atoms with Crippen LogP contribution in [0.3, 0.4) is 0 Å². The maximum absolute atomic E-state index is 12.5. The molecule has 9 nitrogen and oxygen atoms in total. The fourth-order valence-electron chi connectivity index (χ4n) is 2.03. The number of methoxy groups -OCH3 is 2. The number of nitrogens with one attached hydrogen (secondary N) is 2. The number of hydrogen-bond donors (Lipinski definition) is 2. The first-order valence-electron chi connectivity index (χ1n) is 7.20. The van der Waals surface area contributed by atoms with Crippen molar-refractivity contribution in [2.45, 2.75) is 19.9 Å². The van der Waals surface area contributed by atoms with Gasteiger partial charge in [0.25, 0.3) is 5.91 Å². The number of hydrogen-bond acceptors (Lipinski definition) is 7. The van der Waals surface area contributed by atoms with E-state index in [0.29, 0.717) is 24.0 Å². The highest BCUT2D eigenvalue weighted by Gasteiger charge is 2.19. The largest absolute Gasteiger partial charge is 0.496 e. The molecule has 0 radical (unpaired) electrons. The molecule has 0 aliphatic heterocycles. The minimum Gasteiger partial charge on any atom is -0.496 e. The van der Waals surface area contributed by atoms with Crippen molar-refractivity contribution in [3.05, 3.63) is 23.8 Å². The Morgan fingerprint density at radius 1 is 1.29 bits per heavy atom. The van der Waals surface area contributed by atoms with Crippen molar-refractivity contribution < 1.29 is 14.3 Å². The molecule has 0 aliphatic rings. The van der Waals surface area contributed by atoms with E-state index in [1.54, 1.807) is 22.9 Å². The van der Waals surface area contributed by atoms with Crippen LogP contribution in [0.25, 0.3) is 0 Å². The molecule has 2 rings (SSSR count). The highest BCUT2D eigenvalue weighted by atomic mass is 32.1. The fraction of sp³-hybridized carbons (Fsp3) is 0.357. The molecular weight excluding hydrogens is 332 g/mol. The highest BCUT2D eigenvalue weighted by molar-refractivity contribution is 7.80. The maximum Gasteiger partial charge on any atom is 0.264 e. The number of amides is 1. The molecule has 24 heavy (non-hydrogen) atoms. The molecule has 0 saturated heterocycles. The summed E-state index contributed by atoms with van der Waals surface area (Å²) in [6, 6.07) is 5.05. The number of rotatable bonds is 6. The van der Waals surface area contributed by atoms with Crippen molar-refractivity contribution in [3.8, 4) is 11.5 Å². The van der Waals surface area contributed by atoms with Gasteiger partial charge in [-0.25, -0.2) is 4.68 Å². The summed E-state index contributed by atoms with van der Waals surface area (Å²) < 4.78 is 12.0. The number of ether oxygens (including phenoxy) is 2. The third kappa shape index (κ3) is 3.96. The van der Waals surface area contributed by atoms with E-state index in [1.165, 1.54) is 14.2 Å². The van der Waals surface area contributed by atoms with Gasteiger partial charge in [0.15, 0.2) is 5.11 Å². The molecule has 1 aromatic heterocycles. The van der Waals surface area contributed by atoms with Crippen LogP contribution in [0.1, 0.15) is 23.7 Å². The molecule has 0 saturated carbocycles. The van der Waals surface area contributed by atoms with Crippen molar-refractivity contribution in [2.24, 2.45) is 0 Å². The lowest BCUT2D eigenvalue weighted by Gasteiger charge is -2.13. The van der Waals surface area contributed by atoms with E-state index in [9.17, 15) is 4.79 Å². The number of thiocarbonyl (C=S) groups is 1. The first-order chi connectivity index (χ1) is 11.6. The standard InChI is InChI=1S/C14H18N6O3S/c1-4-8-20-13(17-18-19-20)16-14(24)15-12(21)11-9(22-2)6-5-7-10(11)23-3/h5-7H,4,8H2,1-3H3,(H2,15,16,17,19,21,24). The number of carbonyl (C=O) groups is 1. The van der Waals surface area contributed by atoms with E-state index in [4.69, 9.17) is 21.7 Å². The van der Waals surface area contributed by atoms with Crippen LogP contribution in [-0.2, 0) is 6.54 Å². The topological polar surface area (TPSA) is 103 Å². The molecule has 10 heteroatoms. The molecule has 128 valence electrons. The molecule has 0 bridgehead atoms. The smallest absolute Gasteiger partial charge is 0.264 e. The molecule has 1 heterocycles. The van der Waals surface area contributed by atoms with E-state index >= 15 is 0 Å². The zero-order chi connectivity index (χ0) is 17.5. The van der Waals surface area contributed by atoms with Crippen LogP contribution in [0, 0.1) is 0 Å². The summed E-state index contributed by atoms with van der Waals surface area (Å²) in [6.45, 7) is 2.63. The van der Waals surface area contributed by atoms with Crippen molar-refractivity contribution in [1.29, 1.82) is 0 Å². The summed E-state index contributed by atoms with van der Waals surface area (Å²) >= 11 is 5.15. The van der Waals surface area contributed by atoms with E-state index in [0.717, 1.165) is 6.42 Å². The molecular formula is C14H18N6O3S. The number of carbonyl (C=O) groups excluding carboxylic acids is 1. The first kappa shape index (κ1) is 17.6. The van der Waals surface area contributed by atoms with Crippen molar-refractivity contribution in [3.63, 3.8) is 0 Å². The lowest BCUT2D eigenvalue weighted by Crippen LogP contribution is -2.35.